The molecule has 0 bridgehead atoms. The van der Waals surface area contributed by atoms with Crippen LogP contribution in [0, 0.1) is 0 Å². The summed E-state index contributed by atoms with van der Waals surface area (Å²) in [5.74, 6) is 0. The van der Waals surface area contributed by atoms with Crippen LogP contribution in [0.15, 0.2) is 29.2 Å². The second-order valence-electron chi connectivity index (χ2n) is 5.85. The molecule has 0 saturated heterocycles. The molecule has 1 aromatic rings. The van der Waals surface area contributed by atoms with E-state index in [1.807, 2.05) is 31.1 Å². The molecule has 1 saturated carbocycles. The van der Waals surface area contributed by atoms with Crippen LogP contribution in [0.3, 0.4) is 0 Å². The van der Waals surface area contributed by atoms with E-state index in [0.717, 1.165) is 25.1 Å². The molecule has 21 heavy (non-hydrogen) atoms. The van der Waals surface area contributed by atoms with Gasteiger partial charge in [-0.1, -0.05) is 12.1 Å². The predicted molar refractivity (Wildman–Crippen MR) is 84.7 cm³/mol. The van der Waals surface area contributed by atoms with Gasteiger partial charge in [0.1, 0.15) is 0 Å². The smallest absolute Gasteiger partial charge is 0.240 e. The summed E-state index contributed by atoms with van der Waals surface area (Å²) in [5.41, 5.74) is 1.12. The molecule has 1 aliphatic rings. The number of hydrogen-bond donors (Lipinski definition) is 2. The minimum Gasteiger partial charge on any atom is -0.310 e. The summed E-state index contributed by atoms with van der Waals surface area (Å²) in [4.78, 5) is 2.37. The molecule has 2 rings (SSSR count). The Labute approximate surface area is 127 Å². The van der Waals surface area contributed by atoms with Gasteiger partial charge in [0.15, 0.2) is 0 Å². The van der Waals surface area contributed by atoms with E-state index >= 15 is 0 Å². The fourth-order valence-corrected chi connectivity index (χ4v) is 3.10. The molecular formula is C15H25N3O2S. The highest BCUT2D eigenvalue weighted by atomic mass is 32.2. The predicted octanol–water partition coefficient (Wildman–Crippen LogP) is 1.17. The number of sulfonamides is 1. The summed E-state index contributed by atoms with van der Waals surface area (Å²) in [6.07, 6.45) is 3.31. The van der Waals surface area contributed by atoms with Crippen molar-refractivity contribution in [2.75, 3.05) is 27.2 Å². The van der Waals surface area contributed by atoms with Gasteiger partial charge in [0.2, 0.25) is 10.0 Å². The second-order valence-corrected chi connectivity index (χ2v) is 7.62. The first-order valence-electron chi connectivity index (χ1n) is 7.44. The zero-order valence-electron chi connectivity index (χ0n) is 12.8. The van der Waals surface area contributed by atoms with Crippen molar-refractivity contribution < 1.29 is 8.42 Å². The van der Waals surface area contributed by atoms with E-state index in [1.54, 1.807) is 12.1 Å². The molecule has 0 aromatic heterocycles. The molecule has 1 aliphatic carbocycles. The Morgan fingerprint density at radius 3 is 2.43 bits per heavy atom. The Hall–Kier alpha value is -0.950. The van der Waals surface area contributed by atoms with E-state index in [9.17, 15) is 8.42 Å². The molecule has 0 heterocycles. The molecule has 118 valence electrons. The minimum atomic E-state index is -3.38. The minimum absolute atomic E-state index is 0.336. The molecule has 2 N–H and O–H groups in total. The number of benzene rings is 1. The Balaban J connectivity index is 1.83. The Kier molecular flexibility index (Phi) is 5.75. The first kappa shape index (κ1) is 16.4. The standard InChI is InChI=1S/C15H25N3O2S/c1-18(2)11-3-10-17-21(19,20)15-8-4-13(5-9-15)12-16-14-6-7-14/h4-5,8-9,14,16-17H,3,6-7,10-12H2,1-2H3. The molecule has 0 radical (unpaired) electrons. The van der Waals surface area contributed by atoms with Gasteiger partial charge in [0.05, 0.1) is 4.90 Å². The highest BCUT2D eigenvalue weighted by molar-refractivity contribution is 7.89. The second kappa shape index (κ2) is 7.35. The SMILES string of the molecule is CN(C)CCCNS(=O)(=O)c1ccc(CNC2CC2)cc1. The number of nitrogens with one attached hydrogen (secondary N) is 2. The van der Waals surface area contributed by atoms with Crippen molar-refractivity contribution in [1.29, 1.82) is 0 Å². The third-order valence-electron chi connectivity index (χ3n) is 3.48. The quantitative estimate of drug-likeness (QED) is 0.672. The van der Waals surface area contributed by atoms with E-state index in [-0.39, 0.29) is 0 Å². The lowest BCUT2D eigenvalue weighted by Gasteiger charge is -2.11. The molecule has 0 aliphatic heterocycles. The average Bonchev–Trinajstić information content (AvgIpc) is 3.26. The van der Waals surface area contributed by atoms with Crippen molar-refractivity contribution in [3.05, 3.63) is 29.8 Å². The summed E-state index contributed by atoms with van der Waals surface area (Å²) in [7, 11) is 0.567. The van der Waals surface area contributed by atoms with Crippen LogP contribution < -0.4 is 10.0 Å². The van der Waals surface area contributed by atoms with Gasteiger partial charge in [0.25, 0.3) is 0 Å². The normalized spacial score (nSPS) is 15.6. The van der Waals surface area contributed by atoms with Gasteiger partial charge < -0.3 is 10.2 Å². The monoisotopic (exact) mass is 311 g/mol. The van der Waals surface area contributed by atoms with Gasteiger partial charge in [-0.2, -0.15) is 0 Å². The summed E-state index contributed by atoms with van der Waals surface area (Å²) in [5, 5.41) is 3.41. The van der Waals surface area contributed by atoms with Crippen LogP contribution in [0.25, 0.3) is 0 Å². The van der Waals surface area contributed by atoms with Gasteiger partial charge >= 0.3 is 0 Å². The topological polar surface area (TPSA) is 61.4 Å². The fraction of sp³-hybridized carbons (Fsp3) is 0.600. The van der Waals surface area contributed by atoms with Crippen LogP contribution in [0.5, 0.6) is 0 Å². The van der Waals surface area contributed by atoms with E-state index in [4.69, 9.17) is 0 Å². The lowest BCUT2D eigenvalue weighted by Crippen LogP contribution is -2.27. The molecule has 1 fully saturated rings. The van der Waals surface area contributed by atoms with E-state index < -0.39 is 10.0 Å². The molecule has 5 nitrogen and oxygen atoms in total. The van der Waals surface area contributed by atoms with Crippen molar-refractivity contribution in [2.24, 2.45) is 0 Å². The maximum Gasteiger partial charge on any atom is 0.240 e. The first-order chi connectivity index (χ1) is 9.97. The van der Waals surface area contributed by atoms with Crippen molar-refractivity contribution in [3.63, 3.8) is 0 Å². The molecular weight excluding hydrogens is 286 g/mol. The van der Waals surface area contributed by atoms with Crippen LogP contribution in [-0.4, -0.2) is 46.5 Å². The zero-order chi connectivity index (χ0) is 15.3. The Morgan fingerprint density at radius 2 is 1.86 bits per heavy atom. The molecule has 1 aromatic carbocycles. The van der Waals surface area contributed by atoms with Gasteiger partial charge in [0, 0.05) is 19.1 Å². The molecule has 0 atom stereocenters. The van der Waals surface area contributed by atoms with Crippen LogP contribution >= 0.6 is 0 Å². The Bertz CT molecular complexity index is 537. The van der Waals surface area contributed by atoms with Crippen molar-refractivity contribution in [3.8, 4) is 0 Å². The summed E-state index contributed by atoms with van der Waals surface area (Å²) < 4.78 is 26.9. The summed E-state index contributed by atoms with van der Waals surface area (Å²) in [6, 6.07) is 7.77. The van der Waals surface area contributed by atoms with Gasteiger partial charge in [-0.25, -0.2) is 13.1 Å². The molecule has 6 heteroatoms. The van der Waals surface area contributed by atoms with Gasteiger partial charge in [-0.3, -0.25) is 0 Å². The fourth-order valence-electron chi connectivity index (χ4n) is 2.02. The third kappa shape index (κ3) is 5.74. The van der Waals surface area contributed by atoms with Crippen LogP contribution in [0.4, 0.5) is 0 Å². The van der Waals surface area contributed by atoms with E-state index in [2.05, 4.69) is 10.0 Å². The van der Waals surface area contributed by atoms with Crippen molar-refractivity contribution >= 4 is 10.0 Å². The van der Waals surface area contributed by atoms with Crippen molar-refractivity contribution in [1.82, 2.24) is 14.9 Å². The van der Waals surface area contributed by atoms with Gasteiger partial charge in [-0.05, 0) is 57.6 Å². The van der Waals surface area contributed by atoms with Crippen molar-refractivity contribution in [2.45, 2.75) is 36.7 Å². The number of hydrogen-bond acceptors (Lipinski definition) is 4. The highest BCUT2D eigenvalue weighted by Gasteiger charge is 2.20. The van der Waals surface area contributed by atoms with Gasteiger partial charge in [-0.15, -0.1) is 0 Å². The van der Waals surface area contributed by atoms with E-state index in [1.165, 1.54) is 12.8 Å². The van der Waals surface area contributed by atoms with Crippen LogP contribution in [0.2, 0.25) is 0 Å². The largest absolute Gasteiger partial charge is 0.310 e. The first-order valence-corrected chi connectivity index (χ1v) is 8.92. The third-order valence-corrected chi connectivity index (χ3v) is 4.96. The number of nitrogens with zero attached hydrogens (tertiary/aromatic N) is 1. The number of rotatable bonds is 9. The average molecular weight is 311 g/mol. The summed E-state index contributed by atoms with van der Waals surface area (Å²) in [6.45, 7) is 2.14. The summed E-state index contributed by atoms with van der Waals surface area (Å²) >= 11 is 0. The maximum atomic E-state index is 12.1. The van der Waals surface area contributed by atoms with Crippen LogP contribution in [0.1, 0.15) is 24.8 Å². The molecule has 0 unspecified atom stereocenters. The molecule has 0 spiro atoms. The highest BCUT2D eigenvalue weighted by Crippen LogP contribution is 2.19. The lowest BCUT2D eigenvalue weighted by atomic mass is 10.2. The molecule has 0 amide bonds. The lowest BCUT2D eigenvalue weighted by molar-refractivity contribution is 0.400. The zero-order valence-corrected chi connectivity index (χ0v) is 13.6. The maximum absolute atomic E-state index is 12.1. The Morgan fingerprint density at radius 1 is 1.19 bits per heavy atom. The van der Waals surface area contributed by atoms with E-state index in [0.29, 0.717) is 17.5 Å². The van der Waals surface area contributed by atoms with Crippen LogP contribution in [-0.2, 0) is 16.6 Å².